The molecule has 0 radical (unpaired) electrons. The lowest BCUT2D eigenvalue weighted by atomic mass is 10.1. The molecule has 0 unspecified atom stereocenters. The monoisotopic (exact) mass is 388 g/mol. The normalized spacial score (nSPS) is 15.8. The van der Waals surface area contributed by atoms with Crippen LogP contribution in [0.5, 0.6) is 0 Å². The van der Waals surface area contributed by atoms with Gasteiger partial charge < -0.3 is 10.0 Å². The quantitative estimate of drug-likeness (QED) is 0.740. The number of carbonyl (C=O) groups is 2. The molecule has 1 aliphatic rings. The maximum Gasteiger partial charge on any atom is 0.322 e. The van der Waals surface area contributed by atoms with Crippen molar-refractivity contribution < 1.29 is 23.1 Å². The first-order chi connectivity index (χ1) is 12.9. The Morgan fingerprint density at radius 2 is 1.59 bits per heavy atom. The molecule has 142 valence electrons. The van der Waals surface area contributed by atoms with Crippen LogP contribution in [0.1, 0.15) is 15.9 Å². The number of hydrogen-bond acceptors (Lipinski definition) is 4. The van der Waals surface area contributed by atoms with E-state index in [1.807, 2.05) is 0 Å². The predicted molar refractivity (Wildman–Crippen MR) is 99.8 cm³/mol. The molecule has 0 saturated carbocycles. The van der Waals surface area contributed by atoms with E-state index in [0.29, 0.717) is 5.56 Å². The standard InChI is InChI=1S/C19H20N2O5S/c22-18(15-9-5-2-6-10-15)21-12-16(13-21)27(25,26)20-17(19(23)24)11-14-7-3-1-4-8-14/h1-10,16-17,20H,11-13H2,(H,23,24)/t17-/m1/s1. The smallest absolute Gasteiger partial charge is 0.322 e. The molecule has 0 aliphatic carbocycles. The van der Waals surface area contributed by atoms with Crippen molar-refractivity contribution in [1.29, 1.82) is 0 Å². The number of carbonyl (C=O) groups excluding carboxylic acids is 1. The van der Waals surface area contributed by atoms with Gasteiger partial charge in [0.25, 0.3) is 5.91 Å². The Kier molecular flexibility index (Phi) is 5.57. The van der Waals surface area contributed by atoms with Crippen molar-refractivity contribution in [2.75, 3.05) is 13.1 Å². The zero-order valence-corrected chi connectivity index (χ0v) is 15.3. The van der Waals surface area contributed by atoms with Crippen LogP contribution in [0, 0.1) is 0 Å². The van der Waals surface area contributed by atoms with Crippen molar-refractivity contribution >= 4 is 21.9 Å². The summed E-state index contributed by atoms with van der Waals surface area (Å²) in [5.74, 6) is -1.47. The summed E-state index contributed by atoms with van der Waals surface area (Å²) in [5, 5.41) is 8.55. The number of sulfonamides is 1. The minimum atomic E-state index is -3.86. The number of nitrogens with one attached hydrogen (secondary N) is 1. The third-order valence-corrected chi connectivity index (χ3v) is 6.27. The van der Waals surface area contributed by atoms with Crippen LogP contribution in [0.15, 0.2) is 60.7 Å². The zero-order chi connectivity index (χ0) is 19.4. The number of aliphatic carboxylic acids is 1. The highest BCUT2D eigenvalue weighted by molar-refractivity contribution is 7.90. The van der Waals surface area contributed by atoms with Crippen molar-refractivity contribution in [2.24, 2.45) is 0 Å². The van der Waals surface area contributed by atoms with Crippen LogP contribution in [-0.4, -0.2) is 54.7 Å². The molecule has 2 aromatic carbocycles. The molecule has 7 nitrogen and oxygen atoms in total. The Balaban J connectivity index is 1.61. The number of nitrogens with zero attached hydrogens (tertiary/aromatic N) is 1. The molecule has 2 N–H and O–H groups in total. The Labute approximate surface area is 157 Å². The second-order valence-electron chi connectivity index (χ2n) is 6.44. The maximum absolute atomic E-state index is 12.5. The summed E-state index contributed by atoms with van der Waals surface area (Å²) in [6, 6.07) is 16.2. The van der Waals surface area contributed by atoms with Gasteiger partial charge in [0.05, 0.1) is 0 Å². The summed E-state index contributed by atoms with van der Waals surface area (Å²) < 4.78 is 27.3. The average molecular weight is 388 g/mol. The van der Waals surface area contributed by atoms with Gasteiger partial charge in [-0.15, -0.1) is 0 Å². The first-order valence-corrected chi connectivity index (χ1v) is 10.0. The van der Waals surface area contributed by atoms with Crippen LogP contribution in [0.4, 0.5) is 0 Å². The molecule has 3 rings (SSSR count). The SMILES string of the molecule is O=C(O)[C@@H](Cc1ccccc1)NS(=O)(=O)C1CN(C(=O)c2ccccc2)C1. The van der Waals surface area contributed by atoms with Gasteiger partial charge in [-0.2, -0.15) is 0 Å². The molecule has 1 saturated heterocycles. The first kappa shape index (κ1) is 19.1. The Bertz CT molecular complexity index is 910. The summed E-state index contributed by atoms with van der Waals surface area (Å²) >= 11 is 0. The van der Waals surface area contributed by atoms with Crippen LogP contribution < -0.4 is 4.72 Å². The molecular weight excluding hydrogens is 368 g/mol. The fourth-order valence-corrected chi connectivity index (χ4v) is 4.41. The molecule has 0 bridgehead atoms. The average Bonchev–Trinajstić information content (AvgIpc) is 2.61. The second kappa shape index (κ2) is 7.89. The highest BCUT2D eigenvalue weighted by Gasteiger charge is 2.41. The lowest BCUT2D eigenvalue weighted by Crippen LogP contribution is -2.61. The summed E-state index contributed by atoms with van der Waals surface area (Å²) in [5.41, 5.74) is 1.22. The Hall–Kier alpha value is -2.71. The lowest BCUT2D eigenvalue weighted by Gasteiger charge is -2.39. The summed E-state index contributed by atoms with van der Waals surface area (Å²) in [7, 11) is -3.86. The topological polar surface area (TPSA) is 104 Å². The van der Waals surface area contributed by atoms with E-state index in [-0.39, 0.29) is 25.4 Å². The number of likely N-dealkylation sites (tertiary alicyclic amines) is 1. The van der Waals surface area contributed by atoms with Gasteiger partial charge in [0.1, 0.15) is 11.3 Å². The van der Waals surface area contributed by atoms with Gasteiger partial charge >= 0.3 is 5.97 Å². The Morgan fingerprint density at radius 1 is 1.04 bits per heavy atom. The van der Waals surface area contributed by atoms with E-state index in [0.717, 1.165) is 5.56 Å². The minimum Gasteiger partial charge on any atom is -0.480 e. The largest absolute Gasteiger partial charge is 0.480 e. The molecule has 0 aromatic heterocycles. The fourth-order valence-electron chi connectivity index (χ4n) is 2.89. The van der Waals surface area contributed by atoms with Crippen LogP contribution in [-0.2, 0) is 21.2 Å². The third-order valence-electron chi connectivity index (χ3n) is 4.48. The number of rotatable bonds is 7. The van der Waals surface area contributed by atoms with E-state index in [1.165, 1.54) is 4.90 Å². The van der Waals surface area contributed by atoms with Crippen molar-refractivity contribution in [1.82, 2.24) is 9.62 Å². The molecule has 2 aromatic rings. The minimum absolute atomic E-state index is 0.0424. The van der Waals surface area contributed by atoms with Gasteiger partial charge in [0.2, 0.25) is 10.0 Å². The second-order valence-corrected chi connectivity index (χ2v) is 8.43. The summed E-state index contributed by atoms with van der Waals surface area (Å²) in [6.07, 6.45) is 0.0504. The molecule has 1 heterocycles. The maximum atomic E-state index is 12.5. The van der Waals surface area contributed by atoms with Gasteiger partial charge in [-0.1, -0.05) is 48.5 Å². The highest BCUT2D eigenvalue weighted by atomic mass is 32.2. The van der Waals surface area contributed by atoms with E-state index in [1.54, 1.807) is 60.7 Å². The number of carboxylic acid groups (broad SMARTS) is 1. The fraction of sp³-hybridized carbons (Fsp3) is 0.263. The number of amides is 1. The van der Waals surface area contributed by atoms with Gasteiger partial charge in [0, 0.05) is 18.7 Å². The third kappa shape index (κ3) is 4.53. The van der Waals surface area contributed by atoms with Crippen LogP contribution >= 0.6 is 0 Å². The molecule has 1 aliphatic heterocycles. The number of carboxylic acids is 1. The van der Waals surface area contributed by atoms with Gasteiger partial charge in [-0.25, -0.2) is 13.1 Å². The lowest BCUT2D eigenvalue weighted by molar-refractivity contribution is -0.138. The molecule has 1 fully saturated rings. The summed E-state index contributed by atoms with van der Waals surface area (Å²) in [6.45, 7) is 0.0848. The van der Waals surface area contributed by atoms with Gasteiger partial charge in [-0.3, -0.25) is 9.59 Å². The van der Waals surface area contributed by atoms with E-state index in [9.17, 15) is 23.1 Å². The van der Waals surface area contributed by atoms with Crippen molar-refractivity contribution in [3.63, 3.8) is 0 Å². The Morgan fingerprint density at radius 3 is 2.15 bits per heavy atom. The van der Waals surface area contributed by atoms with E-state index in [2.05, 4.69) is 4.72 Å². The van der Waals surface area contributed by atoms with Crippen LogP contribution in [0.3, 0.4) is 0 Å². The van der Waals surface area contributed by atoms with E-state index >= 15 is 0 Å². The van der Waals surface area contributed by atoms with E-state index < -0.39 is 27.3 Å². The number of benzene rings is 2. The van der Waals surface area contributed by atoms with Crippen molar-refractivity contribution in [2.45, 2.75) is 17.7 Å². The molecule has 8 heteroatoms. The molecule has 1 atom stereocenters. The molecular formula is C19H20N2O5S. The van der Waals surface area contributed by atoms with Crippen molar-refractivity contribution in [3.8, 4) is 0 Å². The number of hydrogen-bond donors (Lipinski definition) is 2. The van der Waals surface area contributed by atoms with Crippen LogP contribution in [0.2, 0.25) is 0 Å². The highest BCUT2D eigenvalue weighted by Crippen LogP contribution is 2.19. The van der Waals surface area contributed by atoms with Crippen molar-refractivity contribution in [3.05, 3.63) is 71.8 Å². The van der Waals surface area contributed by atoms with E-state index in [4.69, 9.17) is 0 Å². The molecule has 0 spiro atoms. The summed E-state index contributed by atoms with van der Waals surface area (Å²) in [4.78, 5) is 25.2. The van der Waals surface area contributed by atoms with Gasteiger partial charge in [-0.05, 0) is 24.1 Å². The first-order valence-electron chi connectivity index (χ1n) is 8.49. The zero-order valence-electron chi connectivity index (χ0n) is 14.5. The molecule has 27 heavy (non-hydrogen) atoms. The van der Waals surface area contributed by atoms with Crippen LogP contribution in [0.25, 0.3) is 0 Å². The van der Waals surface area contributed by atoms with Gasteiger partial charge in [0.15, 0.2) is 0 Å². The molecule has 1 amide bonds. The predicted octanol–water partition coefficient (Wildman–Crippen LogP) is 1.13.